The molecule has 1 aromatic carbocycles. The van der Waals surface area contributed by atoms with Crippen LogP contribution in [0.2, 0.25) is 0 Å². The second-order valence-electron chi connectivity index (χ2n) is 6.06. The number of nitrogens with one attached hydrogen (secondary N) is 1. The van der Waals surface area contributed by atoms with E-state index in [1.807, 2.05) is 12.1 Å². The van der Waals surface area contributed by atoms with Crippen LogP contribution in [0, 0.1) is 5.92 Å². The van der Waals surface area contributed by atoms with Gasteiger partial charge in [0.25, 0.3) is 0 Å². The van der Waals surface area contributed by atoms with Gasteiger partial charge >= 0.3 is 5.97 Å². The van der Waals surface area contributed by atoms with Crippen LogP contribution in [0.4, 0.5) is 0 Å². The van der Waals surface area contributed by atoms with E-state index in [0.717, 1.165) is 24.6 Å². The van der Waals surface area contributed by atoms with E-state index in [0.29, 0.717) is 5.56 Å². The Morgan fingerprint density at radius 2 is 1.95 bits per heavy atom. The Kier molecular flexibility index (Phi) is 6.21. The Bertz CT molecular complexity index is 437. The van der Waals surface area contributed by atoms with Crippen molar-refractivity contribution in [1.29, 1.82) is 0 Å². The highest BCUT2D eigenvalue weighted by Gasteiger charge is 2.14. The van der Waals surface area contributed by atoms with E-state index in [-0.39, 0.29) is 0 Å². The fraction of sp³-hybridized carbons (Fsp3) is 0.588. The summed E-state index contributed by atoms with van der Waals surface area (Å²) in [6.45, 7) is 7.82. The van der Waals surface area contributed by atoms with Crippen molar-refractivity contribution in [2.45, 2.75) is 32.7 Å². The first kappa shape index (κ1) is 16.0. The summed E-state index contributed by atoms with van der Waals surface area (Å²) >= 11 is 0. The summed E-state index contributed by atoms with van der Waals surface area (Å²) in [5.41, 5.74) is 1.48. The normalized spacial score (nSPS) is 17.0. The Morgan fingerprint density at radius 3 is 2.57 bits per heavy atom. The number of rotatable bonds is 7. The first-order chi connectivity index (χ1) is 10.1. The molecule has 21 heavy (non-hydrogen) atoms. The molecule has 1 heterocycles. The summed E-state index contributed by atoms with van der Waals surface area (Å²) in [4.78, 5) is 13.3. The molecule has 0 amide bonds. The van der Waals surface area contributed by atoms with Crippen LogP contribution in [-0.4, -0.2) is 42.2 Å². The second kappa shape index (κ2) is 8.15. The molecule has 0 radical (unpaired) electrons. The molecule has 0 unspecified atom stereocenters. The first-order valence-electron chi connectivity index (χ1n) is 7.90. The molecule has 1 aliphatic heterocycles. The summed E-state index contributed by atoms with van der Waals surface area (Å²) in [6.07, 6.45) is 3.84. The van der Waals surface area contributed by atoms with E-state index in [9.17, 15) is 4.79 Å². The lowest BCUT2D eigenvalue weighted by Crippen LogP contribution is -2.34. The molecule has 116 valence electrons. The maximum Gasteiger partial charge on any atom is 0.335 e. The Morgan fingerprint density at radius 1 is 1.29 bits per heavy atom. The van der Waals surface area contributed by atoms with Crippen molar-refractivity contribution in [3.8, 4) is 0 Å². The van der Waals surface area contributed by atoms with E-state index in [4.69, 9.17) is 5.11 Å². The number of hydrogen-bond acceptors (Lipinski definition) is 3. The summed E-state index contributed by atoms with van der Waals surface area (Å²) in [5, 5.41) is 12.3. The molecule has 4 nitrogen and oxygen atoms in total. The Balaban J connectivity index is 1.58. The van der Waals surface area contributed by atoms with Gasteiger partial charge < -0.3 is 15.3 Å². The summed E-state index contributed by atoms with van der Waals surface area (Å²) in [5.74, 6) is 0.0264. The number of carbonyl (C=O) groups is 1. The van der Waals surface area contributed by atoms with Gasteiger partial charge in [0, 0.05) is 6.54 Å². The number of carboxylic acids is 1. The number of piperidine rings is 1. The van der Waals surface area contributed by atoms with E-state index < -0.39 is 5.97 Å². The zero-order chi connectivity index (χ0) is 15.1. The lowest BCUT2D eigenvalue weighted by Gasteiger charge is -2.30. The van der Waals surface area contributed by atoms with Crippen LogP contribution in [0.5, 0.6) is 0 Å². The maximum absolute atomic E-state index is 10.8. The average molecular weight is 290 g/mol. The first-order valence-corrected chi connectivity index (χ1v) is 7.90. The van der Waals surface area contributed by atoms with Gasteiger partial charge in [-0.1, -0.05) is 19.1 Å². The average Bonchev–Trinajstić information content (AvgIpc) is 2.49. The highest BCUT2D eigenvalue weighted by Crippen LogP contribution is 2.15. The minimum absolute atomic E-state index is 0.345. The van der Waals surface area contributed by atoms with Gasteiger partial charge in [0.15, 0.2) is 0 Å². The van der Waals surface area contributed by atoms with Crippen LogP contribution in [0.15, 0.2) is 24.3 Å². The van der Waals surface area contributed by atoms with E-state index >= 15 is 0 Å². The van der Waals surface area contributed by atoms with Crippen LogP contribution in [-0.2, 0) is 6.54 Å². The molecule has 1 fully saturated rings. The van der Waals surface area contributed by atoms with Gasteiger partial charge in [-0.15, -0.1) is 0 Å². The molecule has 0 saturated carbocycles. The molecule has 2 rings (SSSR count). The monoisotopic (exact) mass is 290 g/mol. The van der Waals surface area contributed by atoms with Crippen molar-refractivity contribution in [3.05, 3.63) is 35.4 Å². The predicted molar refractivity (Wildman–Crippen MR) is 84.6 cm³/mol. The third-order valence-corrected chi connectivity index (χ3v) is 4.23. The SMILES string of the molecule is CC1CCN(CCCNCc2ccc(C(=O)O)cc2)CC1. The minimum Gasteiger partial charge on any atom is -0.478 e. The van der Waals surface area contributed by atoms with Crippen molar-refractivity contribution in [1.82, 2.24) is 10.2 Å². The Hall–Kier alpha value is -1.39. The molecule has 0 spiro atoms. The number of carboxylic acid groups (broad SMARTS) is 1. The number of nitrogens with zero attached hydrogens (tertiary/aromatic N) is 1. The smallest absolute Gasteiger partial charge is 0.335 e. The third-order valence-electron chi connectivity index (χ3n) is 4.23. The van der Waals surface area contributed by atoms with Crippen LogP contribution in [0.1, 0.15) is 42.1 Å². The third kappa shape index (κ3) is 5.48. The van der Waals surface area contributed by atoms with E-state index in [1.54, 1.807) is 12.1 Å². The minimum atomic E-state index is -0.870. The molecule has 0 bridgehead atoms. The van der Waals surface area contributed by atoms with Gasteiger partial charge in [-0.3, -0.25) is 0 Å². The summed E-state index contributed by atoms with van der Waals surface area (Å²) in [7, 11) is 0. The predicted octanol–water partition coefficient (Wildman–Crippen LogP) is 2.60. The molecule has 1 saturated heterocycles. The zero-order valence-electron chi connectivity index (χ0n) is 12.8. The topological polar surface area (TPSA) is 52.6 Å². The highest BCUT2D eigenvalue weighted by atomic mass is 16.4. The lowest BCUT2D eigenvalue weighted by molar-refractivity contribution is 0.0697. The number of likely N-dealkylation sites (tertiary alicyclic amines) is 1. The molecule has 0 atom stereocenters. The van der Waals surface area contributed by atoms with Gasteiger partial charge in [-0.05, 0) is 69.1 Å². The van der Waals surface area contributed by atoms with Gasteiger partial charge in [0.1, 0.15) is 0 Å². The summed E-state index contributed by atoms with van der Waals surface area (Å²) < 4.78 is 0. The molecular weight excluding hydrogens is 264 g/mol. The molecule has 1 aromatic rings. The molecular formula is C17H26N2O2. The fourth-order valence-corrected chi connectivity index (χ4v) is 2.71. The molecule has 0 aromatic heterocycles. The fourth-order valence-electron chi connectivity index (χ4n) is 2.71. The van der Waals surface area contributed by atoms with Crippen molar-refractivity contribution in [2.24, 2.45) is 5.92 Å². The number of benzene rings is 1. The van der Waals surface area contributed by atoms with Crippen molar-refractivity contribution in [2.75, 3.05) is 26.2 Å². The van der Waals surface area contributed by atoms with Crippen molar-refractivity contribution >= 4 is 5.97 Å². The zero-order valence-corrected chi connectivity index (χ0v) is 12.8. The number of hydrogen-bond donors (Lipinski definition) is 2. The van der Waals surface area contributed by atoms with E-state index in [1.165, 1.54) is 38.9 Å². The quantitative estimate of drug-likeness (QED) is 0.758. The van der Waals surface area contributed by atoms with Crippen molar-refractivity contribution < 1.29 is 9.90 Å². The molecule has 1 aliphatic rings. The van der Waals surface area contributed by atoms with Gasteiger partial charge in [0.2, 0.25) is 0 Å². The molecule has 2 N–H and O–H groups in total. The standard InChI is InChI=1S/C17H26N2O2/c1-14-7-11-19(12-8-14)10-2-9-18-13-15-3-5-16(6-4-15)17(20)21/h3-6,14,18H,2,7-13H2,1H3,(H,20,21). The van der Waals surface area contributed by atoms with Crippen molar-refractivity contribution in [3.63, 3.8) is 0 Å². The summed E-state index contributed by atoms with van der Waals surface area (Å²) in [6, 6.07) is 7.08. The van der Waals surface area contributed by atoms with Crippen LogP contribution >= 0.6 is 0 Å². The van der Waals surface area contributed by atoms with Gasteiger partial charge in [-0.2, -0.15) is 0 Å². The van der Waals surface area contributed by atoms with Crippen LogP contribution in [0.25, 0.3) is 0 Å². The van der Waals surface area contributed by atoms with Crippen LogP contribution in [0.3, 0.4) is 0 Å². The highest BCUT2D eigenvalue weighted by molar-refractivity contribution is 5.87. The lowest BCUT2D eigenvalue weighted by atomic mass is 9.99. The second-order valence-corrected chi connectivity index (χ2v) is 6.06. The van der Waals surface area contributed by atoms with Gasteiger partial charge in [-0.25, -0.2) is 4.79 Å². The molecule has 0 aliphatic carbocycles. The van der Waals surface area contributed by atoms with Crippen LogP contribution < -0.4 is 5.32 Å². The van der Waals surface area contributed by atoms with E-state index in [2.05, 4.69) is 17.1 Å². The Labute approximate surface area is 127 Å². The maximum atomic E-state index is 10.8. The van der Waals surface area contributed by atoms with Gasteiger partial charge in [0.05, 0.1) is 5.56 Å². The largest absolute Gasteiger partial charge is 0.478 e. The number of aromatic carboxylic acids is 1. The molecule has 4 heteroatoms.